The molecule has 6 heteroatoms. The predicted octanol–water partition coefficient (Wildman–Crippen LogP) is 4.42. The van der Waals surface area contributed by atoms with E-state index in [0.717, 1.165) is 17.5 Å². The number of rotatable bonds is 5. The number of amides is 1. The largest absolute Gasteiger partial charge is 0.353 e. The Morgan fingerprint density at radius 3 is 2.50 bits per heavy atom. The Balaban J connectivity index is 1.82. The van der Waals surface area contributed by atoms with Gasteiger partial charge in [-0.25, -0.2) is 0 Å². The first-order valence-corrected chi connectivity index (χ1v) is 10.0. The highest BCUT2D eigenvalue weighted by atomic mass is 16.2. The van der Waals surface area contributed by atoms with Gasteiger partial charge in [0.2, 0.25) is 0 Å². The lowest BCUT2D eigenvalue weighted by atomic mass is 10.1. The topological polar surface area (TPSA) is 68.9 Å². The van der Waals surface area contributed by atoms with E-state index in [2.05, 4.69) is 17.3 Å². The summed E-state index contributed by atoms with van der Waals surface area (Å²) in [6, 6.07) is 15.0. The smallest absolute Gasteiger partial charge is 0.282 e. The number of anilines is 1. The molecule has 1 amide bonds. The summed E-state index contributed by atoms with van der Waals surface area (Å²) >= 11 is 0. The Kier molecular flexibility index (Phi) is 5.23. The van der Waals surface area contributed by atoms with Crippen molar-refractivity contribution in [1.82, 2.24) is 14.3 Å². The Labute approximate surface area is 175 Å². The van der Waals surface area contributed by atoms with Crippen LogP contribution in [0.1, 0.15) is 34.8 Å². The first kappa shape index (κ1) is 19.6. The number of para-hydroxylation sites is 1. The lowest BCUT2D eigenvalue weighted by molar-refractivity contribution is 0.102. The van der Waals surface area contributed by atoms with Crippen LogP contribution in [0.4, 0.5) is 5.69 Å². The van der Waals surface area contributed by atoms with Gasteiger partial charge in [0.05, 0.1) is 16.8 Å². The Morgan fingerprint density at radius 2 is 1.80 bits per heavy atom. The van der Waals surface area contributed by atoms with Crippen LogP contribution >= 0.6 is 0 Å². The summed E-state index contributed by atoms with van der Waals surface area (Å²) in [7, 11) is 0. The number of hydrogen-bond acceptors (Lipinski definition) is 3. The molecule has 0 spiro atoms. The molecule has 0 aromatic heterocycles. The Hall–Kier alpha value is -3.67. The maximum Gasteiger partial charge on any atom is 0.282 e. The van der Waals surface area contributed by atoms with Crippen LogP contribution in [-0.2, 0) is 6.54 Å². The second-order valence-corrected chi connectivity index (χ2v) is 7.48. The maximum atomic E-state index is 13.2. The average molecular weight is 400 g/mol. The summed E-state index contributed by atoms with van der Waals surface area (Å²) in [5, 5.41) is 7.46. The number of carbonyl (C=O) groups is 1. The summed E-state index contributed by atoms with van der Waals surface area (Å²) in [6.45, 7) is 6.79. The summed E-state index contributed by atoms with van der Waals surface area (Å²) in [5.41, 5.74) is 4.62. The molecule has 2 aliphatic rings. The molecule has 0 bridgehead atoms. The van der Waals surface area contributed by atoms with Gasteiger partial charge < -0.3 is 9.88 Å². The third-order valence-electron chi connectivity index (χ3n) is 5.21. The van der Waals surface area contributed by atoms with Crippen LogP contribution in [0.5, 0.6) is 0 Å². The number of nitrogens with one attached hydrogen (secondary N) is 1. The van der Waals surface area contributed by atoms with Crippen molar-refractivity contribution in [3.8, 4) is 16.9 Å². The molecule has 0 unspecified atom stereocenters. The molecule has 1 N–H and O–H groups in total. The van der Waals surface area contributed by atoms with Crippen LogP contribution in [0.25, 0.3) is 16.9 Å². The van der Waals surface area contributed by atoms with Crippen molar-refractivity contribution in [3.05, 3.63) is 88.0 Å². The molecule has 2 heterocycles. The standard InChI is InChI=1S/C24H24N4O2/c1-4-12-27-14-20(23(29)25-18-11-10-16(2)17(3)13-18)22-21(15-27)24(30)28(26-22)19-8-6-5-7-9-19/h5-11,13-15H,4,12H2,1-3H3,(H,25,29). The van der Waals surface area contributed by atoms with Gasteiger partial charge in [0.25, 0.3) is 11.5 Å². The van der Waals surface area contributed by atoms with E-state index >= 15 is 0 Å². The van der Waals surface area contributed by atoms with Gasteiger partial charge >= 0.3 is 0 Å². The highest BCUT2D eigenvalue weighted by Crippen LogP contribution is 2.24. The van der Waals surface area contributed by atoms with Crippen LogP contribution in [-0.4, -0.2) is 20.3 Å². The number of aromatic nitrogens is 3. The summed E-state index contributed by atoms with van der Waals surface area (Å²) in [6.07, 6.45) is 4.43. The molecule has 152 valence electrons. The molecule has 0 aliphatic carbocycles. The van der Waals surface area contributed by atoms with Gasteiger partial charge in [-0.15, -0.1) is 0 Å². The Morgan fingerprint density at radius 1 is 1.03 bits per heavy atom. The van der Waals surface area contributed by atoms with Crippen molar-refractivity contribution < 1.29 is 4.79 Å². The van der Waals surface area contributed by atoms with Crippen molar-refractivity contribution in [2.24, 2.45) is 0 Å². The van der Waals surface area contributed by atoms with Crippen molar-refractivity contribution >= 4 is 11.6 Å². The molecule has 0 saturated heterocycles. The zero-order chi connectivity index (χ0) is 21.3. The highest BCUT2D eigenvalue weighted by molar-refractivity contribution is 6.08. The molecule has 30 heavy (non-hydrogen) atoms. The summed E-state index contributed by atoms with van der Waals surface area (Å²) < 4.78 is 3.24. The first-order valence-electron chi connectivity index (χ1n) is 10.0. The number of fused-ring (bicyclic) bond motifs is 1. The van der Waals surface area contributed by atoms with E-state index in [1.165, 1.54) is 4.68 Å². The van der Waals surface area contributed by atoms with Crippen molar-refractivity contribution in [3.63, 3.8) is 0 Å². The molecular weight excluding hydrogens is 376 g/mol. The van der Waals surface area contributed by atoms with Gasteiger partial charge in [-0.3, -0.25) is 9.59 Å². The van der Waals surface area contributed by atoms with E-state index in [4.69, 9.17) is 0 Å². The van der Waals surface area contributed by atoms with E-state index in [1.807, 2.05) is 66.9 Å². The third kappa shape index (κ3) is 3.64. The average Bonchev–Trinajstić information content (AvgIpc) is 3.08. The van der Waals surface area contributed by atoms with Crippen LogP contribution in [0.15, 0.2) is 65.7 Å². The van der Waals surface area contributed by atoms with Crippen molar-refractivity contribution in [1.29, 1.82) is 0 Å². The lowest BCUT2D eigenvalue weighted by Gasteiger charge is -2.13. The van der Waals surface area contributed by atoms with Crippen molar-refractivity contribution in [2.45, 2.75) is 33.7 Å². The number of hydrogen-bond donors (Lipinski definition) is 1. The minimum Gasteiger partial charge on any atom is -0.353 e. The minimum atomic E-state index is -0.286. The van der Waals surface area contributed by atoms with Crippen LogP contribution in [0.3, 0.4) is 0 Å². The second-order valence-electron chi connectivity index (χ2n) is 7.48. The van der Waals surface area contributed by atoms with E-state index in [-0.39, 0.29) is 11.5 Å². The molecule has 2 aromatic carbocycles. The fraction of sp³-hybridized carbons (Fsp3) is 0.208. The second kappa shape index (κ2) is 7.99. The number of pyridine rings is 1. The van der Waals surface area contributed by atoms with Crippen LogP contribution in [0.2, 0.25) is 0 Å². The molecule has 0 atom stereocenters. The lowest BCUT2D eigenvalue weighted by Crippen LogP contribution is -2.17. The van der Waals surface area contributed by atoms with Gasteiger partial charge in [0.1, 0.15) is 5.69 Å². The number of nitrogens with zero attached hydrogens (tertiary/aromatic N) is 3. The molecule has 6 nitrogen and oxygen atoms in total. The van der Waals surface area contributed by atoms with E-state index in [1.54, 1.807) is 12.4 Å². The number of benzene rings is 2. The quantitative estimate of drug-likeness (QED) is 0.539. The molecule has 0 saturated carbocycles. The zero-order valence-electron chi connectivity index (χ0n) is 17.3. The predicted molar refractivity (Wildman–Crippen MR) is 119 cm³/mol. The minimum absolute atomic E-state index is 0.234. The zero-order valence-corrected chi connectivity index (χ0v) is 17.3. The van der Waals surface area contributed by atoms with E-state index in [0.29, 0.717) is 34.7 Å². The molecule has 2 aromatic rings. The van der Waals surface area contributed by atoms with Gasteiger partial charge in [-0.2, -0.15) is 9.78 Å². The van der Waals surface area contributed by atoms with Gasteiger partial charge in [-0.05, 0) is 55.7 Å². The van der Waals surface area contributed by atoms with Gasteiger partial charge in [0.15, 0.2) is 0 Å². The normalized spacial score (nSPS) is 11.0. The first-order chi connectivity index (χ1) is 14.5. The maximum absolute atomic E-state index is 13.2. The van der Waals surface area contributed by atoms with Crippen LogP contribution in [0, 0.1) is 13.8 Å². The molecule has 0 radical (unpaired) electrons. The van der Waals surface area contributed by atoms with E-state index in [9.17, 15) is 9.59 Å². The Bertz CT molecular complexity index is 1240. The summed E-state index contributed by atoms with van der Waals surface area (Å²) in [4.78, 5) is 26.2. The molecule has 2 aliphatic heterocycles. The fourth-order valence-electron chi connectivity index (χ4n) is 3.48. The third-order valence-corrected chi connectivity index (χ3v) is 5.21. The molecular formula is C24H24N4O2. The summed E-state index contributed by atoms with van der Waals surface area (Å²) in [5.74, 6) is -0.286. The molecule has 4 rings (SSSR count). The van der Waals surface area contributed by atoms with E-state index < -0.39 is 0 Å². The van der Waals surface area contributed by atoms with Crippen LogP contribution < -0.4 is 10.9 Å². The highest BCUT2D eigenvalue weighted by Gasteiger charge is 2.24. The van der Waals surface area contributed by atoms with Gasteiger partial charge in [0, 0.05) is 24.6 Å². The molecule has 0 fully saturated rings. The number of carbonyl (C=O) groups excluding carboxylic acids is 1. The number of aryl methyl sites for hydroxylation is 3. The fourth-order valence-corrected chi connectivity index (χ4v) is 3.48. The monoisotopic (exact) mass is 400 g/mol. The SMILES string of the molecule is CCCn1cc(C(=O)Nc2ccc(C)c(C)c2)c2nn(-c3ccccc3)c(=O)c-2c1. The van der Waals surface area contributed by atoms with Gasteiger partial charge in [-0.1, -0.05) is 31.2 Å². The van der Waals surface area contributed by atoms with Crippen molar-refractivity contribution in [2.75, 3.05) is 5.32 Å².